The lowest BCUT2D eigenvalue weighted by molar-refractivity contribution is -0.152. The maximum Gasteiger partial charge on any atom is 0.323 e. The van der Waals surface area contributed by atoms with Gasteiger partial charge in [-0.25, -0.2) is 4.68 Å². The number of hydrogen-bond donors (Lipinski definition) is 1. The van der Waals surface area contributed by atoms with Crippen molar-refractivity contribution in [2.75, 3.05) is 18.6 Å². The van der Waals surface area contributed by atoms with Gasteiger partial charge in [-0.05, 0) is 48.7 Å². The first-order valence-electron chi connectivity index (χ1n) is 11.8. The van der Waals surface area contributed by atoms with E-state index in [9.17, 15) is 4.79 Å². The number of fused-ring (bicyclic) bond motifs is 1. The third kappa shape index (κ3) is 5.83. The molecule has 9 heteroatoms. The summed E-state index contributed by atoms with van der Waals surface area (Å²) in [4.78, 5) is 14.1. The number of hydrogen-bond acceptors (Lipinski definition) is 7. The Kier molecular flexibility index (Phi) is 7.86. The number of ether oxygens (including phenoxy) is 3. The summed E-state index contributed by atoms with van der Waals surface area (Å²) in [6.45, 7) is 6.34. The lowest BCUT2D eigenvalue weighted by Crippen LogP contribution is -2.39. The molecule has 3 aromatic rings. The number of rotatable bonds is 9. The standard InChI is InChI=1S/C27H31ClN4O4/c1-17(2)26(29)27(33)36-18(3)15-35-24-10-9-22(12-25(24)34-4)31-14-23-11-20(13-32(23)30-16-31)19-5-7-21(28)8-6-19/h5-13,16-18,26H,14-15,29H2,1-4H3/t18?,26-/m0/s1. The number of nitrogens with two attached hydrogens (primary N) is 1. The smallest absolute Gasteiger partial charge is 0.323 e. The van der Waals surface area contributed by atoms with Gasteiger partial charge < -0.3 is 24.8 Å². The summed E-state index contributed by atoms with van der Waals surface area (Å²) < 4.78 is 18.7. The van der Waals surface area contributed by atoms with Gasteiger partial charge in [0.25, 0.3) is 0 Å². The predicted molar refractivity (Wildman–Crippen MR) is 142 cm³/mol. The summed E-state index contributed by atoms with van der Waals surface area (Å²) in [6, 6.07) is 14.9. The summed E-state index contributed by atoms with van der Waals surface area (Å²) in [6.07, 6.45) is 3.34. The van der Waals surface area contributed by atoms with Gasteiger partial charge in [-0.1, -0.05) is 37.6 Å². The number of benzene rings is 2. The first kappa shape index (κ1) is 25.6. The minimum absolute atomic E-state index is 0.00321. The van der Waals surface area contributed by atoms with Crippen molar-refractivity contribution < 1.29 is 19.0 Å². The van der Waals surface area contributed by atoms with Gasteiger partial charge in [-0.2, -0.15) is 5.10 Å². The Labute approximate surface area is 216 Å². The molecule has 0 spiro atoms. The quantitative estimate of drug-likeness (QED) is 0.411. The van der Waals surface area contributed by atoms with Crippen LogP contribution in [0.5, 0.6) is 11.5 Å². The average molecular weight is 511 g/mol. The molecule has 0 saturated heterocycles. The van der Waals surface area contributed by atoms with Crippen molar-refractivity contribution >= 4 is 29.6 Å². The van der Waals surface area contributed by atoms with E-state index in [2.05, 4.69) is 11.2 Å². The number of anilines is 1. The van der Waals surface area contributed by atoms with E-state index in [1.54, 1.807) is 20.4 Å². The van der Waals surface area contributed by atoms with E-state index < -0.39 is 18.1 Å². The number of aromatic nitrogens is 1. The van der Waals surface area contributed by atoms with E-state index in [4.69, 9.17) is 31.5 Å². The topological polar surface area (TPSA) is 91.3 Å². The van der Waals surface area contributed by atoms with Crippen molar-refractivity contribution in [1.82, 2.24) is 4.68 Å². The molecule has 0 saturated carbocycles. The Balaban J connectivity index is 1.41. The number of nitrogens with zero attached hydrogens (tertiary/aromatic N) is 3. The Bertz CT molecular complexity index is 1240. The molecule has 8 nitrogen and oxygen atoms in total. The predicted octanol–water partition coefficient (Wildman–Crippen LogP) is 4.92. The van der Waals surface area contributed by atoms with Gasteiger partial charge in [0.15, 0.2) is 11.5 Å². The van der Waals surface area contributed by atoms with Gasteiger partial charge in [0.05, 0.1) is 19.3 Å². The summed E-state index contributed by atoms with van der Waals surface area (Å²) in [7, 11) is 1.59. The number of methoxy groups -OCH3 is 1. The fraction of sp³-hybridized carbons (Fsp3) is 0.333. The van der Waals surface area contributed by atoms with Gasteiger partial charge in [0, 0.05) is 28.5 Å². The zero-order valence-corrected chi connectivity index (χ0v) is 21.6. The molecule has 1 aliphatic heterocycles. The number of halogens is 1. The molecular formula is C27H31ClN4O4. The molecule has 1 aliphatic rings. The first-order chi connectivity index (χ1) is 17.2. The summed E-state index contributed by atoms with van der Waals surface area (Å²) in [5.74, 6) is 0.695. The van der Waals surface area contributed by atoms with Crippen molar-refractivity contribution in [1.29, 1.82) is 0 Å². The lowest BCUT2D eigenvalue weighted by atomic mass is 10.1. The van der Waals surface area contributed by atoms with Crippen molar-refractivity contribution in [2.24, 2.45) is 16.8 Å². The van der Waals surface area contributed by atoms with Gasteiger partial charge >= 0.3 is 5.97 Å². The monoisotopic (exact) mass is 510 g/mol. The second-order valence-electron chi connectivity index (χ2n) is 9.09. The van der Waals surface area contributed by atoms with E-state index in [0.29, 0.717) is 23.1 Å². The van der Waals surface area contributed by atoms with Crippen LogP contribution in [0.15, 0.2) is 59.8 Å². The van der Waals surface area contributed by atoms with E-state index >= 15 is 0 Å². The maximum absolute atomic E-state index is 12.1. The molecular weight excluding hydrogens is 480 g/mol. The lowest BCUT2D eigenvalue weighted by Gasteiger charge is -2.24. The molecule has 190 valence electrons. The average Bonchev–Trinajstić information content (AvgIpc) is 3.30. The normalized spacial score (nSPS) is 14.4. The van der Waals surface area contributed by atoms with Crippen molar-refractivity contribution in [2.45, 2.75) is 39.5 Å². The molecule has 4 rings (SSSR count). The second-order valence-corrected chi connectivity index (χ2v) is 9.53. The molecule has 1 aromatic heterocycles. The van der Waals surface area contributed by atoms with Crippen LogP contribution in [0.25, 0.3) is 11.1 Å². The van der Waals surface area contributed by atoms with Gasteiger partial charge in [-0.15, -0.1) is 0 Å². The van der Waals surface area contributed by atoms with Crippen LogP contribution < -0.4 is 20.1 Å². The van der Waals surface area contributed by atoms with Crippen LogP contribution in [-0.4, -0.2) is 42.8 Å². The SMILES string of the molecule is COc1cc(N2C=Nn3cc(-c4ccc(Cl)cc4)cc3C2)ccc1OCC(C)OC(=O)[C@@H](N)C(C)C. The Morgan fingerprint density at radius 2 is 1.83 bits per heavy atom. The van der Waals surface area contributed by atoms with Crippen molar-refractivity contribution in [3.63, 3.8) is 0 Å². The third-order valence-electron chi connectivity index (χ3n) is 5.96. The van der Waals surface area contributed by atoms with Crippen LogP contribution in [0, 0.1) is 5.92 Å². The van der Waals surface area contributed by atoms with E-state index in [-0.39, 0.29) is 12.5 Å². The minimum Gasteiger partial charge on any atom is -0.493 e. The summed E-state index contributed by atoms with van der Waals surface area (Å²) >= 11 is 6.02. The fourth-order valence-electron chi connectivity index (χ4n) is 3.76. The highest BCUT2D eigenvalue weighted by atomic mass is 35.5. The molecule has 0 radical (unpaired) electrons. The largest absolute Gasteiger partial charge is 0.493 e. The van der Waals surface area contributed by atoms with Crippen LogP contribution in [-0.2, 0) is 16.1 Å². The highest BCUT2D eigenvalue weighted by Crippen LogP contribution is 2.33. The molecule has 2 aromatic carbocycles. The highest BCUT2D eigenvalue weighted by Gasteiger charge is 2.22. The molecule has 1 unspecified atom stereocenters. The van der Waals surface area contributed by atoms with Gasteiger partial charge in [-0.3, -0.25) is 4.79 Å². The molecule has 0 amide bonds. The number of carbonyl (C=O) groups is 1. The maximum atomic E-state index is 12.1. The molecule has 0 aliphatic carbocycles. The minimum atomic E-state index is -0.657. The van der Waals surface area contributed by atoms with Crippen LogP contribution in [0.1, 0.15) is 26.5 Å². The van der Waals surface area contributed by atoms with Crippen LogP contribution in [0.2, 0.25) is 5.02 Å². The third-order valence-corrected chi connectivity index (χ3v) is 6.22. The summed E-state index contributed by atoms with van der Waals surface area (Å²) in [5, 5.41) is 5.27. The Morgan fingerprint density at radius 1 is 1.08 bits per heavy atom. The molecule has 0 bridgehead atoms. The molecule has 0 fully saturated rings. The zero-order chi connectivity index (χ0) is 25.8. The molecule has 2 N–H and O–H groups in total. The van der Waals surface area contributed by atoms with Crippen LogP contribution >= 0.6 is 11.6 Å². The zero-order valence-electron chi connectivity index (χ0n) is 20.8. The molecule has 2 atom stereocenters. The van der Waals surface area contributed by atoms with Gasteiger partial charge in [0.1, 0.15) is 25.1 Å². The Hall–Kier alpha value is -3.49. The Morgan fingerprint density at radius 3 is 2.53 bits per heavy atom. The number of esters is 1. The van der Waals surface area contributed by atoms with E-state index in [0.717, 1.165) is 22.5 Å². The van der Waals surface area contributed by atoms with Crippen molar-refractivity contribution in [3.8, 4) is 22.6 Å². The second kappa shape index (κ2) is 11.1. The number of carbonyl (C=O) groups excluding carboxylic acids is 1. The summed E-state index contributed by atoms with van der Waals surface area (Å²) in [5.41, 5.74) is 9.97. The fourth-order valence-corrected chi connectivity index (χ4v) is 3.88. The molecule has 36 heavy (non-hydrogen) atoms. The van der Waals surface area contributed by atoms with E-state index in [1.807, 2.05) is 72.1 Å². The van der Waals surface area contributed by atoms with Crippen LogP contribution in [0.4, 0.5) is 5.69 Å². The van der Waals surface area contributed by atoms with Crippen LogP contribution in [0.3, 0.4) is 0 Å². The van der Waals surface area contributed by atoms with Crippen molar-refractivity contribution in [3.05, 3.63) is 65.4 Å². The van der Waals surface area contributed by atoms with Gasteiger partial charge in [0.2, 0.25) is 0 Å². The molecule has 2 heterocycles. The highest BCUT2D eigenvalue weighted by molar-refractivity contribution is 6.30. The first-order valence-corrected chi connectivity index (χ1v) is 12.2. The van der Waals surface area contributed by atoms with E-state index in [1.165, 1.54) is 0 Å².